The Morgan fingerprint density at radius 2 is 1.88 bits per heavy atom. The van der Waals surface area contributed by atoms with Crippen LogP contribution in [0.15, 0.2) is 0 Å². The third-order valence-electron chi connectivity index (χ3n) is 5.09. The molecule has 7 unspecified atom stereocenters. The number of ether oxygens (including phenoxy) is 1. The van der Waals surface area contributed by atoms with Crippen LogP contribution in [0.3, 0.4) is 0 Å². The van der Waals surface area contributed by atoms with Crippen LogP contribution in [-0.4, -0.2) is 77.3 Å². The molecule has 0 aromatic carbocycles. The van der Waals surface area contributed by atoms with Crippen LogP contribution < -0.4 is 11.1 Å². The lowest BCUT2D eigenvalue weighted by Gasteiger charge is -2.41. The number of nitrogens with two attached hydrogens (primary N) is 1. The lowest BCUT2D eigenvalue weighted by atomic mass is 9.82. The van der Waals surface area contributed by atoms with Gasteiger partial charge in [0, 0.05) is 30.4 Å². The zero-order chi connectivity index (χ0) is 18.3. The van der Waals surface area contributed by atoms with Gasteiger partial charge in [0.05, 0.1) is 18.3 Å². The monoisotopic (exact) mass is 365 g/mol. The average Bonchev–Trinajstić information content (AvgIpc) is 2.54. The molecule has 0 bridgehead atoms. The number of aliphatic hydroxyl groups excluding tert-OH is 2. The maximum absolute atomic E-state index is 10.6. The molecular formula is C17H36ClN3O3. The van der Waals surface area contributed by atoms with E-state index in [2.05, 4.69) is 24.1 Å². The van der Waals surface area contributed by atoms with Crippen molar-refractivity contribution in [3.05, 3.63) is 0 Å². The Kier molecular flexibility index (Phi) is 10.0. The highest BCUT2D eigenvalue weighted by Gasteiger charge is 2.40. The van der Waals surface area contributed by atoms with Crippen LogP contribution in [0.2, 0.25) is 0 Å². The van der Waals surface area contributed by atoms with E-state index in [9.17, 15) is 10.2 Å². The van der Waals surface area contributed by atoms with Gasteiger partial charge in [-0.05, 0) is 39.8 Å². The van der Waals surface area contributed by atoms with Crippen molar-refractivity contribution in [2.45, 2.75) is 76.5 Å². The fourth-order valence-electron chi connectivity index (χ4n) is 3.12. The van der Waals surface area contributed by atoms with Crippen molar-refractivity contribution in [1.82, 2.24) is 10.2 Å². The van der Waals surface area contributed by atoms with Gasteiger partial charge in [-0.15, -0.1) is 11.6 Å². The Bertz CT molecular complexity index is 345. The summed E-state index contributed by atoms with van der Waals surface area (Å²) in [5, 5.41) is 23.3. The fraction of sp³-hybridized carbons (Fsp3) is 1.00. The van der Waals surface area contributed by atoms with E-state index in [1.807, 2.05) is 6.92 Å². The van der Waals surface area contributed by atoms with Gasteiger partial charge in [-0.2, -0.15) is 0 Å². The molecular weight excluding hydrogens is 330 g/mol. The molecule has 5 N–H and O–H groups in total. The first-order valence-electron chi connectivity index (χ1n) is 9.17. The summed E-state index contributed by atoms with van der Waals surface area (Å²) in [6, 6.07) is -0.156. The van der Waals surface area contributed by atoms with Crippen LogP contribution in [0.4, 0.5) is 0 Å². The number of hydrogen-bond donors (Lipinski definition) is 4. The van der Waals surface area contributed by atoms with Crippen LogP contribution in [-0.2, 0) is 4.74 Å². The molecule has 6 nitrogen and oxygen atoms in total. The molecule has 0 spiro atoms. The fourth-order valence-corrected chi connectivity index (χ4v) is 3.43. The van der Waals surface area contributed by atoms with Crippen molar-refractivity contribution in [3.8, 4) is 0 Å². The van der Waals surface area contributed by atoms with E-state index in [1.54, 1.807) is 6.92 Å². The lowest BCUT2D eigenvalue weighted by Crippen LogP contribution is -2.54. The first kappa shape index (κ1) is 22.1. The average molecular weight is 366 g/mol. The van der Waals surface area contributed by atoms with Crippen LogP contribution in [0, 0.1) is 5.92 Å². The first-order valence-corrected chi connectivity index (χ1v) is 9.60. The van der Waals surface area contributed by atoms with Gasteiger partial charge >= 0.3 is 0 Å². The van der Waals surface area contributed by atoms with E-state index in [0.29, 0.717) is 19.4 Å². The maximum atomic E-state index is 10.6. The zero-order valence-electron chi connectivity index (χ0n) is 15.5. The third-order valence-corrected chi connectivity index (χ3v) is 5.60. The molecule has 0 amide bonds. The Labute approximate surface area is 151 Å². The van der Waals surface area contributed by atoms with Crippen molar-refractivity contribution in [2.24, 2.45) is 11.7 Å². The topological polar surface area (TPSA) is 91.0 Å². The predicted octanol–water partition coefficient (Wildman–Crippen LogP) is 0.735. The second-order valence-corrected chi connectivity index (χ2v) is 7.42. The molecule has 1 aliphatic carbocycles. The maximum Gasteiger partial charge on any atom is 0.110 e. The largest absolute Gasteiger partial charge is 0.391 e. The Balaban J connectivity index is 2.60. The van der Waals surface area contributed by atoms with Gasteiger partial charge in [-0.3, -0.25) is 5.32 Å². The Hall–Kier alpha value is 0.0500. The molecule has 24 heavy (non-hydrogen) atoms. The van der Waals surface area contributed by atoms with Crippen LogP contribution >= 0.6 is 11.6 Å². The highest BCUT2D eigenvalue weighted by Crippen LogP contribution is 2.32. The van der Waals surface area contributed by atoms with Crippen molar-refractivity contribution < 1.29 is 14.9 Å². The highest BCUT2D eigenvalue weighted by atomic mass is 35.5. The molecule has 1 rings (SSSR count). The summed E-state index contributed by atoms with van der Waals surface area (Å²) in [7, 11) is 0. The summed E-state index contributed by atoms with van der Waals surface area (Å²) >= 11 is 6.32. The van der Waals surface area contributed by atoms with E-state index in [0.717, 1.165) is 19.6 Å². The molecule has 1 fully saturated rings. The summed E-state index contributed by atoms with van der Waals surface area (Å²) in [6.07, 6.45) is -0.594. The van der Waals surface area contributed by atoms with E-state index in [-0.39, 0.29) is 29.5 Å². The molecule has 0 heterocycles. The molecule has 7 heteroatoms. The standard InChI is InChI=1S/C17H36ClN3O3/c1-5-21(6-2)8-7-20-17(23)13-9-14(18)15(19)10-16(13)24-12(4)11(3)22/h11-17,20,22-23H,5-10,19H2,1-4H3. The summed E-state index contributed by atoms with van der Waals surface area (Å²) in [5.41, 5.74) is 6.08. The summed E-state index contributed by atoms with van der Waals surface area (Å²) in [5.74, 6) is -0.134. The number of hydrogen-bond acceptors (Lipinski definition) is 6. The smallest absolute Gasteiger partial charge is 0.110 e. The molecule has 0 radical (unpaired) electrons. The van der Waals surface area contributed by atoms with Crippen LogP contribution in [0.25, 0.3) is 0 Å². The minimum Gasteiger partial charge on any atom is -0.391 e. The van der Waals surface area contributed by atoms with Gasteiger partial charge in [0.2, 0.25) is 0 Å². The number of halogens is 1. The number of rotatable bonds is 10. The van der Waals surface area contributed by atoms with Crippen LogP contribution in [0.1, 0.15) is 40.5 Å². The first-order chi connectivity index (χ1) is 11.3. The summed E-state index contributed by atoms with van der Waals surface area (Å²) in [4.78, 5) is 2.30. The predicted molar refractivity (Wildman–Crippen MR) is 98.2 cm³/mol. The van der Waals surface area contributed by atoms with Gasteiger partial charge in [-0.1, -0.05) is 13.8 Å². The van der Waals surface area contributed by atoms with Crippen molar-refractivity contribution >= 4 is 11.6 Å². The molecule has 0 aliphatic heterocycles. The van der Waals surface area contributed by atoms with Crippen LogP contribution in [0.5, 0.6) is 0 Å². The van der Waals surface area contributed by atoms with Gasteiger partial charge in [0.15, 0.2) is 0 Å². The minimum absolute atomic E-state index is 0.134. The SMILES string of the molecule is CCN(CC)CCNC(O)C1CC(Cl)C(N)CC1OC(C)C(C)O. The molecule has 0 saturated heterocycles. The summed E-state index contributed by atoms with van der Waals surface area (Å²) < 4.78 is 5.98. The van der Waals surface area contributed by atoms with E-state index < -0.39 is 12.3 Å². The van der Waals surface area contributed by atoms with E-state index >= 15 is 0 Å². The molecule has 1 saturated carbocycles. The zero-order valence-corrected chi connectivity index (χ0v) is 16.2. The van der Waals surface area contributed by atoms with Crippen molar-refractivity contribution in [3.63, 3.8) is 0 Å². The number of nitrogens with zero attached hydrogens (tertiary/aromatic N) is 1. The second kappa shape index (κ2) is 10.9. The number of alkyl halides is 1. The van der Waals surface area contributed by atoms with E-state index in [1.165, 1.54) is 0 Å². The number of aliphatic hydroxyl groups is 2. The van der Waals surface area contributed by atoms with Gasteiger partial charge < -0.3 is 25.6 Å². The van der Waals surface area contributed by atoms with E-state index in [4.69, 9.17) is 22.1 Å². The molecule has 1 aliphatic rings. The third kappa shape index (κ3) is 6.75. The highest BCUT2D eigenvalue weighted by molar-refractivity contribution is 6.21. The van der Waals surface area contributed by atoms with Gasteiger partial charge in [0.1, 0.15) is 6.23 Å². The Morgan fingerprint density at radius 1 is 1.25 bits per heavy atom. The molecule has 144 valence electrons. The van der Waals surface area contributed by atoms with Gasteiger partial charge in [0.25, 0.3) is 0 Å². The molecule has 0 aromatic heterocycles. The quantitative estimate of drug-likeness (QED) is 0.337. The van der Waals surface area contributed by atoms with Gasteiger partial charge in [-0.25, -0.2) is 0 Å². The number of nitrogens with one attached hydrogen (secondary N) is 1. The van der Waals surface area contributed by atoms with Crippen molar-refractivity contribution in [2.75, 3.05) is 26.2 Å². The molecule has 0 aromatic rings. The Morgan fingerprint density at radius 3 is 2.42 bits per heavy atom. The normalized spacial score (nSPS) is 31.9. The minimum atomic E-state index is -0.694. The summed E-state index contributed by atoms with van der Waals surface area (Å²) in [6.45, 7) is 11.4. The van der Waals surface area contributed by atoms with Crippen molar-refractivity contribution in [1.29, 1.82) is 0 Å². The lowest BCUT2D eigenvalue weighted by molar-refractivity contribution is -0.122. The molecule has 7 atom stereocenters. The second-order valence-electron chi connectivity index (χ2n) is 6.86. The number of likely N-dealkylation sites (N-methyl/N-ethyl adjacent to an activating group) is 1.